The molecular weight excluding hydrogens is 327 g/mol. The second-order valence-corrected chi connectivity index (χ2v) is 11.1. The van der Waals surface area contributed by atoms with Gasteiger partial charge in [0.25, 0.3) is 0 Å². The Kier molecular flexibility index (Phi) is 6.82. The fourth-order valence-corrected chi connectivity index (χ4v) is 5.08. The summed E-state index contributed by atoms with van der Waals surface area (Å²) in [6.07, 6.45) is 0. The van der Waals surface area contributed by atoms with Gasteiger partial charge in [0.2, 0.25) is 0 Å². The Hall–Kier alpha value is 1.82. The van der Waals surface area contributed by atoms with E-state index in [2.05, 4.69) is 0 Å². The standard InChI is InChI=1S/H2O6S2Se.Sr/c1-7(2,3)9-8(4,5)6;/h(H,1,2,3)(H,4,5,6);. The van der Waals surface area contributed by atoms with E-state index < -0.39 is 29.8 Å². The van der Waals surface area contributed by atoms with E-state index in [4.69, 9.17) is 9.11 Å². The van der Waals surface area contributed by atoms with Crippen molar-refractivity contribution in [3.63, 3.8) is 0 Å². The summed E-state index contributed by atoms with van der Waals surface area (Å²) in [7, 11) is -9.11. The largest absolute Gasteiger partial charge is 0 e. The average molecular weight is 329 g/mol. The molecule has 0 amide bonds. The molecular formula is H2O6S2SeSr. The third-order valence-electron chi connectivity index (χ3n) is 0.172. The first-order chi connectivity index (χ1) is 3.71. The Labute approximate surface area is 99.4 Å². The Morgan fingerprint density at radius 1 is 0.900 bits per heavy atom. The maximum absolute atomic E-state index is 9.69. The van der Waals surface area contributed by atoms with Gasteiger partial charge < -0.3 is 0 Å². The second kappa shape index (κ2) is 4.75. The first kappa shape index (κ1) is 14.3. The van der Waals surface area contributed by atoms with Crippen LogP contribution in [0.5, 0.6) is 0 Å². The molecule has 6 nitrogen and oxygen atoms in total. The van der Waals surface area contributed by atoms with Gasteiger partial charge in [-0.3, -0.25) is 0 Å². The zero-order chi connectivity index (χ0) is 7.71. The molecule has 2 radical (unpaired) electrons. The van der Waals surface area contributed by atoms with Crippen LogP contribution in [0.25, 0.3) is 0 Å². The molecule has 0 saturated heterocycles. The van der Waals surface area contributed by atoms with E-state index in [0.29, 0.717) is 0 Å². The van der Waals surface area contributed by atoms with E-state index in [0.717, 1.165) is 0 Å². The van der Waals surface area contributed by atoms with Gasteiger partial charge in [-0.25, -0.2) is 0 Å². The maximum atomic E-state index is 9.69. The van der Waals surface area contributed by atoms with Crippen molar-refractivity contribution in [2.24, 2.45) is 0 Å². The van der Waals surface area contributed by atoms with Crippen LogP contribution in [0.3, 0.4) is 0 Å². The zero-order valence-corrected chi connectivity index (χ0v) is 11.3. The van der Waals surface area contributed by atoms with Crippen molar-refractivity contribution >= 4 is 75.3 Å². The van der Waals surface area contributed by atoms with Gasteiger partial charge in [0.15, 0.2) is 0 Å². The Morgan fingerprint density at radius 3 is 1.10 bits per heavy atom. The topological polar surface area (TPSA) is 109 Å². The smallest absolute Gasteiger partial charge is 0 e. The molecule has 0 heterocycles. The average Bonchev–Trinajstić information content (AvgIpc) is 1.14. The Bertz CT molecular complexity index is 241. The van der Waals surface area contributed by atoms with Crippen LogP contribution < -0.4 is 0 Å². The minimum Gasteiger partial charge on any atom is 0 e. The molecule has 2 N–H and O–H groups in total. The van der Waals surface area contributed by atoms with Crippen LogP contribution in [0.4, 0.5) is 0 Å². The molecule has 0 aromatic heterocycles. The van der Waals surface area contributed by atoms with Crippen molar-refractivity contribution in [3.8, 4) is 0 Å². The predicted molar refractivity (Wildman–Crippen MR) is 34.6 cm³/mol. The van der Waals surface area contributed by atoms with Crippen LogP contribution in [0.15, 0.2) is 0 Å². The molecule has 0 aliphatic carbocycles. The summed E-state index contributed by atoms with van der Waals surface area (Å²) in [5.41, 5.74) is 0. The first-order valence-electron chi connectivity index (χ1n) is 1.37. The van der Waals surface area contributed by atoms with Crippen molar-refractivity contribution in [2.45, 2.75) is 0 Å². The van der Waals surface area contributed by atoms with E-state index >= 15 is 0 Å². The van der Waals surface area contributed by atoms with E-state index in [9.17, 15) is 16.8 Å². The molecule has 0 aliphatic heterocycles. The summed E-state index contributed by atoms with van der Waals surface area (Å²) in [6.45, 7) is 0. The van der Waals surface area contributed by atoms with Gasteiger partial charge in [-0.2, -0.15) is 0 Å². The second-order valence-electron chi connectivity index (χ2n) is 0.924. The summed E-state index contributed by atoms with van der Waals surface area (Å²) in [5.74, 6) is 0. The summed E-state index contributed by atoms with van der Waals surface area (Å²) >= 11 is -2.19. The number of rotatable bonds is 2. The summed E-state index contributed by atoms with van der Waals surface area (Å²) in [4.78, 5) is 0. The molecule has 0 saturated carbocycles. The summed E-state index contributed by atoms with van der Waals surface area (Å²) < 4.78 is 54.4. The van der Waals surface area contributed by atoms with Crippen molar-refractivity contribution in [1.82, 2.24) is 0 Å². The molecule has 58 valence electrons. The van der Waals surface area contributed by atoms with Gasteiger partial charge >= 0.3 is 55.7 Å². The molecule has 0 aromatic carbocycles. The van der Waals surface area contributed by atoms with Crippen LogP contribution in [0, 0.1) is 0 Å². The van der Waals surface area contributed by atoms with E-state index in [1.807, 2.05) is 0 Å². The molecule has 0 fully saturated rings. The molecule has 0 unspecified atom stereocenters. The van der Waals surface area contributed by atoms with Crippen molar-refractivity contribution in [2.75, 3.05) is 0 Å². The fraction of sp³-hybridized carbons (Fsp3) is 0. The van der Waals surface area contributed by atoms with Crippen molar-refractivity contribution in [3.05, 3.63) is 0 Å². The minimum absolute atomic E-state index is 0. The van der Waals surface area contributed by atoms with Crippen LogP contribution in [-0.2, 0) is 17.1 Å². The van der Waals surface area contributed by atoms with Crippen molar-refractivity contribution < 1.29 is 25.9 Å². The molecule has 0 bridgehead atoms. The quantitative estimate of drug-likeness (QED) is 0.445. The van der Waals surface area contributed by atoms with E-state index in [-0.39, 0.29) is 45.5 Å². The van der Waals surface area contributed by atoms with Gasteiger partial charge in [-0.1, -0.05) is 0 Å². The fourth-order valence-electron chi connectivity index (χ4n) is 0.109. The third kappa shape index (κ3) is 12.5. The van der Waals surface area contributed by atoms with Crippen LogP contribution in [0.2, 0.25) is 0 Å². The first-order valence-corrected chi connectivity index (χ1v) is 8.29. The van der Waals surface area contributed by atoms with Crippen LogP contribution in [0.1, 0.15) is 0 Å². The van der Waals surface area contributed by atoms with Gasteiger partial charge in [-0.15, -0.1) is 0 Å². The molecule has 10 heteroatoms. The van der Waals surface area contributed by atoms with Gasteiger partial charge in [0.05, 0.1) is 0 Å². The normalized spacial score (nSPS) is 12.2. The Morgan fingerprint density at radius 2 is 1.10 bits per heavy atom. The van der Waals surface area contributed by atoms with Gasteiger partial charge in [0, 0.05) is 45.5 Å². The molecule has 0 aromatic rings. The predicted octanol–water partition coefficient (Wildman–Crippen LogP) is -2.08. The molecule has 0 aliphatic rings. The van der Waals surface area contributed by atoms with Crippen LogP contribution in [-0.4, -0.2) is 84.1 Å². The summed E-state index contributed by atoms with van der Waals surface area (Å²) in [5, 5.41) is 0. The summed E-state index contributed by atoms with van der Waals surface area (Å²) in [6, 6.07) is 0. The number of hydrogen-bond donors (Lipinski definition) is 2. The van der Waals surface area contributed by atoms with Crippen molar-refractivity contribution in [1.29, 1.82) is 0 Å². The molecule has 0 rings (SSSR count). The Balaban J connectivity index is 0. The third-order valence-corrected chi connectivity index (χ3v) is 8.04. The SMILES string of the molecule is O=S(=O)(O)[Se]S(=O)(=O)O.[Sr]. The minimum atomic E-state index is -4.56. The molecule has 0 atom stereocenters. The number of hydrogen-bond acceptors (Lipinski definition) is 4. The molecule has 0 spiro atoms. The van der Waals surface area contributed by atoms with Gasteiger partial charge in [0.1, 0.15) is 0 Å². The van der Waals surface area contributed by atoms with E-state index in [1.165, 1.54) is 0 Å². The van der Waals surface area contributed by atoms with Crippen LogP contribution >= 0.6 is 0 Å². The van der Waals surface area contributed by atoms with Gasteiger partial charge in [-0.05, 0) is 0 Å². The zero-order valence-electron chi connectivity index (χ0n) is 4.46. The molecule has 10 heavy (non-hydrogen) atoms. The monoisotopic (exact) mass is 330 g/mol. The maximum Gasteiger partial charge on any atom is 0 e. The van der Waals surface area contributed by atoms with E-state index in [1.54, 1.807) is 0 Å².